The van der Waals surface area contributed by atoms with Crippen LogP contribution in [0.3, 0.4) is 0 Å². The third-order valence-electron chi connectivity index (χ3n) is 5.46. The summed E-state index contributed by atoms with van der Waals surface area (Å²) in [5.74, 6) is -0.443. The van der Waals surface area contributed by atoms with E-state index in [0.29, 0.717) is 22.1 Å². The van der Waals surface area contributed by atoms with E-state index in [1.165, 1.54) is 6.07 Å². The highest BCUT2D eigenvalue weighted by Crippen LogP contribution is 2.29. The number of pyridine rings is 1. The lowest BCUT2D eigenvalue weighted by Crippen LogP contribution is -2.26. The number of nitrogens with zero attached hydrogens (tertiary/aromatic N) is 1. The average molecular weight is 443 g/mol. The number of carbonyl (C=O) groups is 1. The Balaban J connectivity index is 1.99. The first-order chi connectivity index (χ1) is 15.4. The molecule has 32 heavy (non-hydrogen) atoms. The highest BCUT2D eigenvalue weighted by molar-refractivity contribution is 6.30. The van der Waals surface area contributed by atoms with Gasteiger partial charge in [-0.05, 0) is 55.7 Å². The zero-order chi connectivity index (χ0) is 22.8. The fourth-order valence-corrected chi connectivity index (χ4v) is 4.14. The summed E-state index contributed by atoms with van der Waals surface area (Å²) in [5, 5.41) is 3.55. The quantitative estimate of drug-likeness (QED) is 0.401. The van der Waals surface area contributed by atoms with Crippen LogP contribution in [0.25, 0.3) is 16.9 Å². The molecule has 160 valence electrons. The van der Waals surface area contributed by atoms with Crippen molar-refractivity contribution in [2.24, 2.45) is 0 Å². The van der Waals surface area contributed by atoms with Crippen molar-refractivity contribution in [3.05, 3.63) is 116 Å². The fraction of sp³-hybridized carbons (Fsp3) is 0.111. The van der Waals surface area contributed by atoms with E-state index in [9.17, 15) is 9.59 Å². The maximum Gasteiger partial charge on any atom is 0.261 e. The van der Waals surface area contributed by atoms with Crippen molar-refractivity contribution in [3.63, 3.8) is 0 Å². The lowest BCUT2D eigenvalue weighted by molar-refractivity contribution is 0.102. The molecule has 0 saturated heterocycles. The maximum atomic E-state index is 13.5. The molecule has 4 rings (SSSR count). The smallest absolute Gasteiger partial charge is 0.261 e. The molecule has 4 aromatic rings. The second kappa shape index (κ2) is 8.85. The number of carbonyl (C=O) groups excluding carboxylic acids is 1. The van der Waals surface area contributed by atoms with E-state index in [4.69, 9.17) is 11.6 Å². The van der Waals surface area contributed by atoms with Crippen LogP contribution < -0.4 is 10.7 Å². The average Bonchev–Trinajstić information content (AvgIpc) is 2.76. The van der Waals surface area contributed by atoms with Gasteiger partial charge in [0.15, 0.2) is 5.43 Å². The molecule has 5 heteroatoms. The first kappa shape index (κ1) is 21.6. The number of hydrogen-bond donors (Lipinski definition) is 1. The fourth-order valence-electron chi connectivity index (χ4n) is 3.96. The van der Waals surface area contributed by atoms with E-state index in [1.807, 2.05) is 92.1 Å². The van der Waals surface area contributed by atoms with Crippen molar-refractivity contribution in [1.82, 2.24) is 4.57 Å². The Kier molecular flexibility index (Phi) is 5.97. The van der Waals surface area contributed by atoms with Crippen molar-refractivity contribution in [2.45, 2.75) is 20.8 Å². The van der Waals surface area contributed by atoms with Gasteiger partial charge in [-0.3, -0.25) is 9.59 Å². The van der Waals surface area contributed by atoms with Gasteiger partial charge in [-0.25, -0.2) is 0 Å². The summed E-state index contributed by atoms with van der Waals surface area (Å²) >= 11 is 6.27. The molecule has 1 aromatic heterocycles. The molecule has 0 unspecified atom stereocenters. The SMILES string of the molecule is Cc1cccc(C)c1NC(=O)c1c(-c2ccccc2)n(-c2cccc(Cl)c2)c(C)cc1=O. The van der Waals surface area contributed by atoms with E-state index >= 15 is 0 Å². The van der Waals surface area contributed by atoms with Crippen molar-refractivity contribution in [1.29, 1.82) is 0 Å². The second-order valence-corrected chi connectivity index (χ2v) is 8.21. The van der Waals surface area contributed by atoms with Crippen LogP contribution in [-0.2, 0) is 0 Å². The lowest BCUT2D eigenvalue weighted by Gasteiger charge is -2.21. The van der Waals surface area contributed by atoms with Crippen molar-refractivity contribution in [3.8, 4) is 16.9 Å². The number of nitrogens with one attached hydrogen (secondary N) is 1. The molecular formula is C27H23ClN2O2. The van der Waals surface area contributed by atoms with Gasteiger partial charge >= 0.3 is 0 Å². The van der Waals surface area contributed by atoms with Gasteiger partial charge < -0.3 is 9.88 Å². The predicted octanol–water partition coefficient (Wildman–Crippen LogP) is 6.34. The predicted molar refractivity (Wildman–Crippen MR) is 131 cm³/mol. The molecule has 0 fully saturated rings. The van der Waals surface area contributed by atoms with Crippen LogP contribution in [0.15, 0.2) is 83.7 Å². The molecular weight excluding hydrogens is 420 g/mol. The number of anilines is 1. The molecule has 1 heterocycles. The number of halogens is 1. The zero-order valence-electron chi connectivity index (χ0n) is 18.1. The molecule has 0 saturated carbocycles. The van der Waals surface area contributed by atoms with Crippen molar-refractivity contribution >= 4 is 23.2 Å². The maximum absolute atomic E-state index is 13.5. The second-order valence-electron chi connectivity index (χ2n) is 7.78. The van der Waals surface area contributed by atoms with Crippen LogP contribution in [0.2, 0.25) is 5.02 Å². The minimum atomic E-state index is -0.443. The highest BCUT2D eigenvalue weighted by atomic mass is 35.5. The Hall–Kier alpha value is -3.63. The molecule has 1 amide bonds. The molecule has 0 aliphatic carbocycles. The van der Waals surface area contributed by atoms with E-state index in [0.717, 1.165) is 22.4 Å². The van der Waals surface area contributed by atoms with Crippen LogP contribution in [0, 0.1) is 20.8 Å². The summed E-state index contributed by atoms with van der Waals surface area (Å²) in [4.78, 5) is 26.7. The highest BCUT2D eigenvalue weighted by Gasteiger charge is 2.23. The standard InChI is InChI=1S/C27H23ClN2O2/c1-17-9-7-10-18(2)25(17)29-27(32)24-23(31)15-19(3)30(22-14-8-13-21(28)16-22)26(24)20-11-5-4-6-12-20/h4-16H,1-3H3,(H,29,32). The third kappa shape index (κ3) is 4.10. The summed E-state index contributed by atoms with van der Waals surface area (Å²) in [6, 6.07) is 24.1. The van der Waals surface area contributed by atoms with Gasteiger partial charge in [0.1, 0.15) is 5.56 Å². The molecule has 0 radical (unpaired) electrons. The number of aryl methyl sites for hydroxylation is 3. The minimum Gasteiger partial charge on any atom is -0.321 e. The topological polar surface area (TPSA) is 51.1 Å². The molecule has 0 aliphatic rings. The largest absolute Gasteiger partial charge is 0.321 e. The van der Waals surface area contributed by atoms with Crippen molar-refractivity contribution in [2.75, 3.05) is 5.32 Å². The van der Waals surface area contributed by atoms with E-state index in [1.54, 1.807) is 6.07 Å². The zero-order valence-corrected chi connectivity index (χ0v) is 18.9. The molecule has 1 N–H and O–H groups in total. The Morgan fingerprint density at radius 2 is 1.50 bits per heavy atom. The van der Waals surface area contributed by atoms with E-state index in [2.05, 4.69) is 5.32 Å². The molecule has 0 atom stereocenters. The lowest BCUT2D eigenvalue weighted by atomic mass is 10.0. The number of benzene rings is 3. The van der Waals surface area contributed by atoms with Gasteiger partial charge in [0.25, 0.3) is 5.91 Å². The summed E-state index contributed by atoms with van der Waals surface area (Å²) in [6.45, 7) is 5.71. The van der Waals surface area contributed by atoms with Gasteiger partial charge in [-0.2, -0.15) is 0 Å². The number of aromatic nitrogens is 1. The van der Waals surface area contributed by atoms with Crippen LogP contribution in [0.1, 0.15) is 27.2 Å². The molecule has 0 bridgehead atoms. The van der Waals surface area contributed by atoms with Gasteiger partial charge in [0.05, 0.1) is 5.69 Å². The Morgan fingerprint density at radius 1 is 0.844 bits per heavy atom. The Morgan fingerprint density at radius 3 is 2.16 bits per heavy atom. The van der Waals surface area contributed by atoms with Gasteiger partial charge in [-0.15, -0.1) is 0 Å². The Bertz CT molecular complexity index is 1350. The first-order valence-electron chi connectivity index (χ1n) is 10.3. The Labute approximate surface area is 192 Å². The molecule has 4 nitrogen and oxygen atoms in total. The van der Waals surface area contributed by atoms with Crippen LogP contribution in [0.4, 0.5) is 5.69 Å². The molecule has 0 aliphatic heterocycles. The molecule has 3 aromatic carbocycles. The number of hydrogen-bond acceptors (Lipinski definition) is 2. The van der Waals surface area contributed by atoms with Crippen molar-refractivity contribution < 1.29 is 4.79 Å². The third-order valence-corrected chi connectivity index (χ3v) is 5.69. The summed E-state index contributed by atoms with van der Waals surface area (Å²) in [5.41, 5.74) is 5.11. The number of amides is 1. The number of rotatable bonds is 4. The van der Waals surface area contributed by atoms with Crippen LogP contribution in [0.5, 0.6) is 0 Å². The van der Waals surface area contributed by atoms with E-state index < -0.39 is 5.91 Å². The summed E-state index contributed by atoms with van der Waals surface area (Å²) in [7, 11) is 0. The van der Waals surface area contributed by atoms with E-state index in [-0.39, 0.29) is 11.0 Å². The summed E-state index contributed by atoms with van der Waals surface area (Å²) in [6.07, 6.45) is 0. The van der Waals surface area contributed by atoms with Gasteiger partial charge in [0, 0.05) is 28.2 Å². The molecule has 0 spiro atoms. The van der Waals surface area contributed by atoms with Crippen LogP contribution >= 0.6 is 11.6 Å². The summed E-state index contributed by atoms with van der Waals surface area (Å²) < 4.78 is 1.90. The first-order valence-corrected chi connectivity index (χ1v) is 10.7. The minimum absolute atomic E-state index is 0.0874. The van der Waals surface area contributed by atoms with Gasteiger partial charge in [-0.1, -0.05) is 66.2 Å². The number of para-hydroxylation sites is 1. The normalized spacial score (nSPS) is 10.8. The monoisotopic (exact) mass is 442 g/mol. The van der Waals surface area contributed by atoms with Gasteiger partial charge in [0.2, 0.25) is 0 Å². The van der Waals surface area contributed by atoms with Crippen LogP contribution in [-0.4, -0.2) is 10.5 Å².